The van der Waals surface area contributed by atoms with Gasteiger partial charge in [-0.25, -0.2) is 0 Å². The Labute approximate surface area is 87.4 Å². The van der Waals surface area contributed by atoms with Gasteiger partial charge in [-0.15, -0.1) is 0 Å². The molecular formula is C9H14N4O2. The van der Waals surface area contributed by atoms with E-state index in [-0.39, 0.29) is 18.4 Å². The van der Waals surface area contributed by atoms with Gasteiger partial charge in [0, 0.05) is 12.5 Å². The minimum Gasteiger partial charge on any atom is -0.347 e. The molecule has 0 aliphatic heterocycles. The summed E-state index contributed by atoms with van der Waals surface area (Å²) < 4.78 is 0. The topological polar surface area (TPSA) is 86.9 Å². The lowest BCUT2D eigenvalue weighted by Gasteiger charge is -2.04. The second-order valence-electron chi connectivity index (χ2n) is 3.08. The molecule has 0 radical (unpaired) electrons. The smallest absolute Gasteiger partial charge is 0.244 e. The maximum absolute atomic E-state index is 11.3. The van der Waals surface area contributed by atoms with Crippen LogP contribution in [-0.2, 0) is 16.0 Å². The number of aromatic nitrogens is 2. The minimum atomic E-state index is -0.274. The van der Waals surface area contributed by atoms with E-state index in [2.05, 4.69) is 20.8 Å². The van der Waals surface area contributed by atoms with Gasteiger partial charge in [-0.2, -0.15) is 5.10 Å². The maximum Gasteiger partial charge on any atom is 0.244 e. The second-order valence-corrected chi connectivity index (χ2v) is 3.08. The van der Waals surface area contributed by atoms with Crippen molar-refractivity contribution in [3.8, 4) is 0 Å². The van der Waals surface area contributed by atoms with Crippen molar-refractivity contribution in [2.75, 3.05) is 11.9 Å². The molecule has 0 aliphatic rings. The van der Waals surface area contributed by atoms with Crippen LogP contribution in [0.25, 0.3) is 0 Å². The number of amides is 2. The van der Waals surface area contributed by atoms with Crippen LogP contribution in [0, 0.1) is 0 Å². The van der Waals surface area contributed by atoms with Gasteiger partial charge in [0.25, 0.3) is 0 Å². The number of aryl methyl sites for hydroxylation is 1. The number of hydrogen-bond acceptors (Lipinski definition) is 3. The lowest BCUT2D eigenvalue weighted by molar-refractivity contribution is -0.122. The Balaban J connectivity index is 2.47. The lowest BCUT2D eigenvalue weighted by atomic mass is 10.2. The number of nitrogens with zero attached hydrogens (tertiary/aromatic N) is 1. The van der Waals surface area contributed by atoms with Crippen molar-refractivity contribution in [3.63, 3.8) is 0 Å². The highest BCUT2D eigenvalue weighted by Crippen LogP contribution is 2.10. The van der Waals surface area contributed by atoms with E-state index >= 15 is 0 Å². The van der Waals surface area contributed by atoms with Crippen LogP contribution in [0.5, 0.6) is 0 Å². The number of carbonyl (C=O) groups excluding carboxylic acids is 2. The molecule has 6 heteroatoms. The van der Waals surface area contributed by atoms with Crippen LogP contribution < -0.4 is 10.6 Å². The fourth-order valence-corrected chi connectivity index (χ4v) is 1.08. The highest BCUT2D eigenvalue weighted by molar-refractivity contribution is 5.93. The van der Waals surface area contributed by atoms with E-state index in [0.29, 0.717) is 5.82 Å². The summed E-state index contributed by atoms with van der Waals surface area (Å²) in [6.07, 6.45) is 2.44. The van der Waals surface area contributed by atoms with E-state index in [1.807, 2.05) is 6.92 Å². The SMILES string of the molecule is CCc1cn[nH]c1NC(=O)CNC(C)=O. The molecule has 0 unspecified atom stereocenters. The summed E-state index contributed by atoms with van der Waals surface area (Å²) in [5, 5.41) is 11.5. The van der Waals surface area contributed by atoms with Gasteiger partial charge in [-0.1, -0.05) is 6.92 Å². The summed E-state index contributed by atoms with van der Waals surface area (Å²) in [5.74, 6) is 0.0856. The molecule has 0 aromatic carbocycles. The molecule has 2 amide bonds. The Morgan fingerprint density at radius 1 is 1.53 bits per heavy atom. The van der Waals surface area contributed by atoms with Crippen molar-refractivity contribution in [3.05, 3.63) is 11.8 Å². The molecular weight excluding hydrogens is 196 g/mol. The number of nitrogens with one attached hydrogen (secondary N) is 3. The van der Waals surface area contributed by atoms with E-state index in [1.54, 1.807) is 6.20 Å². The van der Waals surface area contributed by atoms with E-state index in [4.69, 9.17) is 0 Å². The fourth-order valence-electron chi connectivity index (χ4n) is 1.08. The van der Waals surface area contributed by atoms with Crippen molar-refractivity contribution >= 4 is 17.6 Å². The van der Waals surface area contributed by atoms with Gasteiger partial charge in [-0.05, 0) is 6.42 Å². The van der Waals surface area contributed by atoms with Gasteiger partial charge in [-0.3, -0.25) is 14.7 Å². The molecule has 1 aromatic heterocycles. The van der Waals surface area contributed by atoms with Gasteiger partial charge in [0.1, 0.15) is 5.82 Å². The van der Waals surface area contributed by atoms with Gasteiger partial charge in [0.05, 0.1) is 12.7 Å². The Morgan fingerprint density at radius 3 is 2.87 bits per heavy atom. The number of aromatic amines is 1. The molecule has 15 heavy (non-hydrogen) atoms. The van der Waals surface area contributed by atoms with Crippen LogP contribution in [0.2, 0.25) is 0 Å². The highest BCUT2D eigenvalue weighted by atomic mass is 16.2. The quantitative estimate of drug-likeness (QED) is 0.656. The third-order valence-electron chi connectivity index (χ3n) is 1.86. The molecule has 1 aromatic rings. The zero-order valence-electron chi connectivity index (χ0n) is 8.76. The monoisotopic (exact) mass is 210 g/mol. The van der Waals surface area contributed by atoms with Crippen molar-refractivity contribution in [1.29, 1.82) is 0 Å². The molecule has 0 spiro atoms. The first-order chi connectivity index (χ1) is 7.13. The van der Waals surface area contributed by atoms with Gasteiger partial charge in [0.2, 0.25) is 11.8 Å². The Bertz CT molecular complexity index is 359. The molecule has 0 saturated carbocycles. The Morgan fingerprint density at radius 2 is 2.27 bits per heavy atom. The minimum absolute atomic E-state index is 0.0303. The molecule has 3 N–H and O–H groups in total. The van der Waals surface area contributed by atoms with E-state index in [0.717, 1.165) is 12.0 Å². The first-order valence-corrected chi connectivity index (χ1v) is 4.70. The first kappa shape index (κ1) is 11.2. The summed E-state index contributed by atoms with van der Waals surface area (Å²) in [6, 6.07) is 0. The van der Waals surface area contributed by atoms with Crippen molar-refractivity contribution in [2.45, 2.75) is 20.3 Å². The molecule has 82 valence electrons. The molecule has 0 aliphatic carbocycles. The predicted molar refractivity (Wildman–Crippen MR) is 55.3 cm³/mol. The maximum atomic E-state index is 11.3. The average Bonchev–Trinajstić information content (AvgIpc) is 2.62. The number of carbonyl (C=O) groups is 2. The summed E-state index contributed by atoms with van der Waals surface area (Å²) in [5.41, 5.74) is 0.936. The van der Waals surface area contributed by atoms with Gasteiger partial charge >= 0.3 is 0 Å². The van der Waals surface area contributed by atoms with Crippen LogP contribution in [0.3, 0.4) is 0 Å². The first-order valence-electron chi connectivity index (χ1n) is 4.70. The van der Waals surface area contributed by atoms with E-state index in [1.165, 1.54) is 6.92 Å². The Hall–Kier alpha value is -1.85. The van der Waals surface area contributed by atoms with Crippen LogP contribution in [0.4, 0.5) is 5.82 Å². The normalized spacial score (nSPS) is 9.73. The molecule has 1 heterocycles. The summed E-state index contributed by atoms with van der Waals surface area (Å²) >= 11 is 0. The predicted octanol–water partition coefficient (Wildman–Crippen LogP) is 0.0467. The summed E-state index contributed by atoms with van der Waals surface area (Å²) in [4.78, 5) is 21.9. The van der Waals surface area contributed by atoms with E-state index in [9.17, 15) is 9.59 Å². The molecule has 0 fully saturated rings. The molecule has 1 rings (SSSR count). The third-order valence-corrected chi connectivity index (χ3v) is 1.86. The summed E-state index contributed by atoms with van der Waals surface area (Å²) in [6.45, 7) is 3.30. The lowest BCUT2D eigenvalue weighted by Crippen LogP contribution is -2.31. The fraction of sp³-hybridized carbons (Fsp3) is 0.444. The zero-order chi connectivity index (χ0) is 11.3. The third kappa shape index (κ3) is 3.41. The van der Waals surface area contributed by atoms with Gasteiger partial charge in [0.15, 0.2) is 0 Å². The number of H-pyrrole nitrogens is 1. The molecule has 0 bridgehead atoms. The van der Waals surface area contributed by atoms with Crippen molar-refractivity contribution in [1.82, 2.24) is 15.5 Å². The molecule has 6 nitrogen and oxygen atoms in total. The van der Waals surface area contributed by atoms with Crippen molar-refractivity contribution < 1.29 is 9.59 Å². The molecule has 0 atom stereocenters. The standard InChI is InChI=1S/C9H14N4O2/c1-3-7-4-11-13-9(7)12-8(15)5-10-6(2)14/h4H,3,5H2,1-2H3,(H,10,14)(H2,11,12,13,15). The van der Waals surface area contributed by atoms with E-state index < -0.39 is 0 Å². The second kappa shape index (κ2) is 5.14. The molecule has 0 saturated heterocycles. The Kier molecular flexibility index (Phi) is 3.84. The van der Waals surface area contributed by atoms with Crippen molar-refractivity contribution in [2.24, 2.45) is 0 Å². The number of hydrogen-bond donors (Lipinski definition) is 3. The zero-order valence-corrected chi connectivity index (χ0v) is 8.76. The van der Waals surface area contributed by atoms with Gasteiger partial charge < -0.3 is 10.6 Å². The summed E-state index contributed by atoms with van der Waals surface area (Å²) in [7, 11) is 0. The largest absolute Gasteiger partial charge is 0.347 e. The van der Waals surface area contributed by atoms with Crippen LogP contribution in [0.15, 0.2) is 6.20 Å². The van der Waals surface area contributed by atoms with Crippen LogP contribution in [0.1, 0.15) is 19.4 Å². The van der Waals surface area contributed by atoms with Crippen LogP contribution >= 0.6 is 0 Å². The highest BCUT2D eigenvalue weighted by Gasteiger charge is 2.07. The average molecular weight is 210 g/mol. The van der Waals surface area contributed by atoms with Crippen LogP contribution in [-0.4, -0.2) is 28.6 Å². The number of rotatable bonds is 4. The number of anilines is 1.